The molecule has 3 aromatic carbocycles. The number of nitrogens with one attached hydrogen (secondary N) is 2. The molecule has 1 fully saturated rings. The highest BCUT2D eigenvalue weighted by molar-refractivity contribution is 5.85. The number of benzene rings is 3. The summed E-state index contributed by atoms with van der Waals surface area (Å²) in [7, 11) is 1.34. The van der Waals surface area contributed by atoms with Crippen LogP contribution in [-0.2, 0) is 16.0 Å². The fourth-order valence-corrected chi connectivity index (χ4v) is 4.90. The van der Waals surface area contributed by atoms with Crippen molar-refractivity contribution in [2.75, 3.05) is 19.0 Å². The second kappa shape index (κ2) is 12.4. The van der Waals surface area contributed by atoms with Gasteiger partial charge in [0.1, 0.15) is 0 Å². The highest BCUT2D eigenvalue weighted by atomic mass is 16.5. The molecule has 36 heavy (non-hydrogen) atoms. The average molecular weight is 486 g/mol. The molecule has 0 radical (unpaired) electrons. The minimum absolute atomic E-state index is 0.0455. The Morgan fingerprint density at radius 2 is 1.64 bits per heavy atom. The molecule has 188 valence electrons. The van der Waals surface area contributed by atoms with Crippen LogP contribution in [0, 0.1) is 11.8 Å². The molecule has 4 N–H and O–H groups in total. The summed E-state index contributed by atoms with van der Waals surface area (Å²) in [5.41, 5.74) is 10.8. The first-order valence-electron chi connectivity index (χ1n) is 12.7. The molecule has 1 aliphatic carbocycles. The Balaban J connectivity index is 1.54. The number of carbonyl (C=O) groups is 2. The molecular weight excluding hydrogens is 450 g/mol. The average Bonchev–Trinajstić information content (AvgIpc) is 2.93. The normalized spacial score (nSPS) is 18.2. The molecule has 2 amide bonds. The van der Waals surface area contributed by atoms with Gasteiger partial charge in [-0.2, -0.15) is 0 Å². The van der Waals surface area contributed by atoms with Gasteiger partial charge < -0.3 is 15.8 Å². The molecule has 0 aliphatic heterocycles. The number of carbonyl (C=O) groups excluding carboxylic acids is 2. The lowest BCUT2D eigenvalue weighted by atomic mass is 9.81. The molecule has 1 atom stereocenters. The van der Waals surface area contributed by atoms with Crippen LogP contribution in [0.1, 0.15) is 42.9 Å². The Morgan fingerprint density at radius 1 is 0.917 bits per heavy atom. The third-order valence-corrected chi connectivity index (χ3v) is 7.09. The van der Waals surface area contributed by atoms with Gasteiger partial charge >= 0.3 is 6.09 Å². The van der Waals surface area contributed by atoms with Crippen LogP contribution in [-0.4, -0.2) is 25.7 Å². The lowest BCUT2D eigenvalue weighted by Gasteiger charge is -2.29. The fourth-order valence-electron chi connectivity index (χ4n) is 4.90. The van der Waals surface area contributed by atoms with Gasteiger partial charge in [-0.15, -0.1) is 0 Å². The molecule has 6 nitrogen and oxygen atoms in total. The maximum absolute atomic E-state index is 13.3. The van der Waals surface area contributed by atoms with E-state index in [0.717, 1.165) is 48.8 Å². The van der Waals surface area contributed by atoms with E-state index in [4.69, 9.17) is 5.73 Å². The summed E-state index contributed by atoms with van der Waals surface area (Å²) >= 11 is 0. The molecule has 1 saturated carbocycles. The quantitative estimate of drug-likeness (QED) is 0.382. The van der Waals surface area contributed by atoms with Gasteiger partial charge in [0.15, 0.2) is 0 Å². The predicted molar refractivity (Wildman–Crippen MR) is 143 cm³/mol. The molecule has 3 aromatic rings. The molecule has 1 aliphatic rings. The number of rotatable bonds is 8. The highest BCUT2D eigenvalue weighted by Crippen LogP contribution is 2.30. The van der Waals surface area contributed by atoms with Gasteiger partial charge in [0.25, 0.3) is 0 Å². The zero-order chi connectivity index (χ0) is 25.3. The molecule has 6 heteroatoms. The van der Waals surface area contributed by atoms with Crippen LogP contribution in [0.3, 0.4) is 0 Å². The minimum atomic E-state index is -0.499. The van der Waals surface area contributed by atoms with Gasteiger partial charge in [-0.3, -0.25) is 10.1 Å². The monoisotopic (exact) mass is 485 g/mol. The van der Waals surface area contributed by atoms with Crippen molar-refractivity contribution in [3.8, 4) is 11.1 Å². The standard InChI is InChI=1S/C30H35N3O3/c1-36-30(35)32-27-16-14-23(15-17-27)25-8-5-9-26(19-25)28(18-21-6-3-2-4-7-21)33-29(34)24-12-10-22(20-31)11-13-24/h2-9,14-17,19,22,24,28H,10-13,18,20,31H2,1H3,(H,32,35)(H,33,34). The Kier molecular flexibility index (Phi) is 8.74. The van der Waals surface area contributed by atoms with E-state index in [9.17, 15) is 9.59 Å². The van der Waals surface area contributed by atoms with E-state index in [0.29, 0.717) is 18.2 Å². The SMILES string of the molecule is COC(=O)Nc1ccc(-c2cccc(C(Cc3ccccc3)NC(=O)C3CCC(CN)CC3)c2)cc1. The van der Waals surface area contributed by atoms with Crippen molar-refractivity contribution in [1.29, 1.82) is 0 Å². The van der Waals surface area contributed by atoms with Crippen molar-refractivity contribution in [2.45, 2.75) is 38.1 Å². The summed E-state index contributed by atoms with van der Waals surface area (Å²) in [6, 6.07) is 26.1. The number of hydrogen-bond donors (Lipinski definition) is 3. The number of nitrogens with two attached hydrogens (primary N) is 1. The van der Waals surface area contributed by atoms with Gasteiger partial charge in [0, 0.05) is 11.6 Å². The van der Waals surface area contributed by atoms with Crippen LogP contribution in [0.4, 0.5) is 10.5 Å². The summed E-state index contributed by atoms with van der Waals surface area (Å²) < 4.78 is 4.66. The largest absolute Gasteiger partial charge is 0.453 e. The van der Waals surface area contributed by atoms with Crippen molar-refractivity contribution < 1.29 is 14.3 Å². The first-order valence-corrected chi connectivity index (χ1v) is 12.7. The van der Waals surface area contributed by atoms with Gasteiger partial charge in [0.2, 0.25) is 5.91 Å². The highest BCUT2D eigenvalue weighted by Gasteiger charge is 2.27. The van der Waals surface area contributed by atoms with Crippen LogP contribution in [0.5, 0.6) is 0 Å². The van der Waals surface area contributed by atoms with Crippen LogP contribution < -0.4 is 16.4 Å². The molecule has 0 aromatic heterocycles. The van der Waals surface area contributed by atoms with Crippen molar-refractivity contribution in [2.24, 2.45) is 17.6 Å². The number of methoxy groups -OCH3 is 1. The van der Waals surface area contributed by atoms with E-state index >= 15 is 0 Å². The Morgan fingerprint density at radius 3 is 2.31 bits per heavy atom. The third-order valence-electron chi connectivity index (χ3n) is 7.09. The van der Waals surface area contributed by atoms with E-state index in [1.54, 1.807) is 0 Å². The smallest absolute Gasteiger partial charge is 0.411 e. The van der Waals surface area contributed by atoms with Gasteiger partial charge in [-0.25, -0.2) is 4.79 Å². The number of hydrogen-bond acceptors (Lipinski definition) is 4. The first-order chi connectivity index (χ1) is 17.6. The topological polar surface area (TPSA) is 93.5 Å². The van der Waals surface area contributed by atoms with E-state index < -0.39 is 6.09 Å². The van der Waals surface area contributed by atoms with Crippen LogP contribution in [0.25, 0.3) is 11.1 Å². The Labute approximate surface area is 213 Å². The summed E-state index contributed by atoms with van der Waals surface area (Å²) in [5.74, 6) is 0.721. The molecule has 0 spiro atoms. The number of ether oxygens (including phenoxy) is 1. The zero-order valence-corrected chi connectivity index (χ0v) is 20.8. The van der Waals surface area contributed by atoms with Crippen LogP contribution in [0.2, 0.25) is 0 Å². The maximum atomic E-state index is 13.3. The molecule has 0 bridgehead atoms. The van der Waals surface area contributed by atoms with Gasteiger partial charge in [-0.1, -0.05) is 60.7 Å². The van der Waals surface area contributed by atoms with E-state index in [1.807, 2.05) is 48.5 Å². The third kappa shape index (κ3) is 6.73. The number of anilines is 1. The Hall–Kier alpha value is -3.64. The Bertz CT molecular complexity index is 1140. The lowest BCUT2D eigenvalue weighted by Crippen LogP contribution is -2.37. The lowest BCUT2D eigenvalue weighted by molar-refractivity contribution is -0.127. The summed E-state index contributed by atoms with van der Waals surface area (Å²) in [6.07, 6.45) is 4.06. The summed E-state index contributed by atoms with van der Waals surface area (Å²) in [5, 5.41) is 6.04. The molecular formula is C30H35N3O3. The molecule has 0 saturated heterocycles. The number of amides is 2. The van der Waals surface area contributed by atoms with Gasteiger partial charge in [-0.05, 0) is 85.0 Å². The van der Waals surface area contributed by atoms with Crippen LogP contribution >= 0.6 is 0 Å². The first kappa shape index (κ1) is 25.5. The van der Waals surface area contributed by atoms with E-state index in [-0.39, 0.29) is 17.9 Å². The molecule has 0 heterocycles. The molecule has 4 rings (SSSR count). The van der Waals surface area contributed by atoms with E-state index in [1.165, 1.54) is 12.7 Å². The molecule has 1 unspecified atom stereocenters. The zero-order valence-electron chi connectivity index (χ0n) is 20.8. The van der Waals surface area contributed by atoms with Crippen molar-refractivity contribution >= 4 is 17.7 Å². The summed E-state index contributed by atoms with van der Waals surface area (Å²) in [6.45, 7) is 0.706. The van der Waals surface area contributed by atoms with E-state index in [2.05, 4.69) is 45.7 Å². The van der Waals surface area contributed by atoms with Crippen LogP contribution in [0.15, 0.2) is 78.9 Å². The van der Waals surface area contributed by atoms with Crippen molar-refractivity contribution in [3.05, 3.63) is 90.0 Å². The summed E-state index contributed by atoms with van der Waals surface area (Å²) in [4.78, 5) is 24.8. The minimum Gasteiger partial charge on any atom is -0.453 e. The van der Waals surface area contributed by atoms with Crippen molar-refractivity contribution in [3.63, 3.8) is 0 Å². The maximum Gasteiger partial charge on any atom is 0.411 e. The predicted octanol–water partition coefficient (Wildman–Crippen LogP) is 5.70. The van der Waals surface area contributed by atoms with Gasteiger partial charge in [0.05, 0.1) is 13.2 Å². The van der Waals surface area contributed by atoms with Crippen molar-refractivity contribution in [1.82, 2.24) is 5.32 Å². The fraction of sp³-hybridized carbons (Fsp3) is 0.333. The second-order valence-corrected chi connectivity index (χ2v) is 9.52. The second-order valence-electron chi connectivity index (χ2n) is 9.52.